The number of anilines is 2. The van der Waals surface area contributed by atoms with Crippen LogP contribution in [0.5, 0.6) is 5.75 Å². The normalized spacial score (nSPS) is 18.7. The van der Waals surface area contributed by atoms with Crippen LogP contribution in [0, 0.1) is 5.92 Å². The minimum Gasteiger partial charge on any atom is -0.497 e. The minimum atomic E-state index is -0.00837. The van der Waals surface area contributed by atoms with E-state index in [0.29, 0.717) is 0 Å². The van der Waals surface area contributed by atoms with Crippen molar-refractivity contribution in [3.8, 4) is 5.75 Å². The summed E-state index contributed by atoms with van der Waals surface area (Å²) in [6.45, 7) is 2.26. The largest absolute Gasteiger partial charge is 0.497 e. The molecule has 1 amide bonds. The molecule has 1 aliphatic carbocycles. The van der Waals surface area contributed by atoms with Gasteiger partial charge in [-0.15, -0.1) is 0 Å². The number of amides is 1. The molecule has 1 unspecified atom stereocenters. The number of benzene rings is 2. The fourth-order valence-electron chi connectivity index (χ4n) is 4.72. The molecular formula is C24H27N3O2. The van der Waals surface area contributed by atoms with Gasteiger partial charge in [-0.2, -0.15) is 0 Å². The number of hydrogen-bond donors (Lipinski definition) is 2. The molecule has 1 atom stereocenters. The highest BCUT2D eigenvalue weighted by Gasteiger charge is 2.27. The van der Waals surface area contributed by atoms with Gasteiger partial charge in [-0.25, -0.2) is 0 Å². The molecule has 5 heteroatoms. The quantitative estimate of drug-likeness (QED) is 0.690. The molecule has 1 aliphatic heterocycles. The fourth-order valence-corrected chi connectivity index (χ4v) is 4.72. The highest BCUT2D eigenvalue weighted by atomic mass is 16.5. The molecule has 2 heterocycles. The van der Waals surface area contributed by atoms with Crippen LogP contribution in [-0.4, -0.2) is 31.1 Å². The number of fused-ring (bicyclic) bond motifs is 3. The summed E-state index contributed by atoms with van der Waals surface area (Å²) in [4.78, 5) is 18.9. The third kappa shape index (κ3) is 3.46. The predicted molar refractivity (Wildman–Crippen MR) is 117 cm³/mol. The average Bonchev–Trinajstić information content (AvgIpc) is 3.41. The number of carbonyl (C=O) groups excluding carboxylic acids is 1. The van der Waals surface area contributed by atoms with Gasteiger partial charge in [-0.05, 0) is 80.1 Å². The summed E-state index contributed by atoms with van der Waals surface area (Å²) in [5, 5.41) is 4.30. The van der Waals surface area contributed by atoms with Gasteiger partial charge in [0, 0.05) is 47.0 Å². The summed E-state index contributed by atoms with van der Waals surface area (Å²) in [5.74, 6) is 0.955. The van der Waals surface area contributed by atoms with Gasteiger partial charge < -0.3 is 19.9 Å². The number of hydrogen-bond acceptors (Lipinski definition) is 3. The summed E-state index contributed by atoms with van der Waals surface area (Å²) in [6, 6.07) is 14.4. The van der Waals surface area contributed by atoms with Gasteiger partial charge in [-0.3, -0.25) is 4.79 Å². The van der Waals surface area contributed by atoms with Gasteiger partial charge in [0.1, 0.15) is 5.75 Å². The highest BCUT2D eigenvalue weighted by molar-refractivity contribution is 5.94. The second-order valence-corrected chi connectivity index (χ2v) is 8.16. The van der Waals surface area contributed by atoms with E-state index in [9.17, 15) is 4.79 Å². The van der Waals surface area contributed by atoms with Crippen molar-refractivity contribution < 1.29 is 9.53 Å². The number of nitrogens with zero attached hydrogens (tertiary/aromatic N) is 1. The Bertz CT molecular complexity index is 1030. The maximum absolute atomic E-state index is 12.9. The number of H-pyrrole nitrogens is 1. The summed E-state index contributed by atoms with van der Waals surface area (Å²) < 4.78 is 5.39. The topological polar surface area (TPSA) is 57.4 Å². The van der Waals surface area contributed by atoms with E-state index in [1.807, 2.05) is 18.2 Å². The highest BCUT2D eigenvalue weighted by Crippen LogP contribution is 2.34. The van der Waals surface area contributed by atoms with Crippen LogP contribution in [0.2, 0.25) is 0 Å². The summed E-state index contributed by atoms with van der Waals surface area (Å²) >= 11 is 0. The van der Waals surface area contributed by atoms with E-state index in [4.69, 9.17) is 4.74 Å². The molecule has 2 N–H and O–H groups in total. The molecule has 29 heavy (non-hydrogen) atoms. The molecule has 0 radical (unpaired) electrons. The standard InChI is InChI=1S/C24H27N3O2/c1-29-19-9-11-23-21(15-19)20-14-16(4-10-22(20)26-23)24(28)25-17-5-7-18(8-6-17)27-12-2-3-13-27/h5-9,11,15-16,26H,2-4,10,12-14H2,1H3,(H,25,28). The molecule has 1 fully saturated rings. The van der Waals surface area contributed by atoms with Crippen molar-refractivity contribution in [2.24, 2.45) is 5.92 Å². The second-order valence-electron chi connectivity index (χ2n) is 8.16. The lowest BCUT2D eigenvalue weighted by Gasteiger charge is -2.22. The Morgan fingerprint density at radius 2 is 1.93 bits per heavy atom. The molecule has 150 valence electrons. The van der Waals surface area contributed by atoms with Crippen molar-refractivity contribution in [2.45, 2.75) is 32.1 Å². The van der Waals surface area contributed by atoms with Crippen molar-refractivity contribution in [3.63, 3.8) is 0 Å². The van der Waals surface area contributed by atoms with Gasteiger partial charge in [-0.1, -0.05) is 0 Å². The van der Waals surface area contributed by atoms with Gasteiger partial charge in [0.2, 0.25) is 5.91 Å². The lowest BCUT2D eigenvalue weighted by molar-refractivity contribution is -0.120. The number of carbonyl (C=O) groups is 1. The van der Waals surface area contributed by atoms with Crippen molar-refractivity contribution >= 4 is 28.2 Å². The predicted octanol–water partition coefficient (Wildman–Crippen LogP) is 4.52. The molecule has 2 aromatic carbocycles. The summed E-state index contributed by atoms with van der Waals surface area (Å²) in [5.41, 5.74) is 5.76. The Morgan fingerprint density at radius 3 is 2.69 bits per heavy atom. The first-order valence-corrected chi connectivity index (χ1v) is 10.5. The van der Waals surface area contributed by atoms with Crippen LogP contribution in [0.1, 0.15) is 30.5 Å². The Kier molecular flexibility index (Phi) is 4.66. The fraction of sp³-hybridized carbons (Fsp3) is 0.375. The Balaban J connectivity index is 1.30. The number of nitrogens with one attached hydrogen (secondary N) is 2. The van der Waals surface area contributed by atoms with Crippen molar-refractivity contribution in [2.75, 3.05) is 30.4 Å². The molecule has 1 saturated heterocycles. The number of aromatic amines is 1. The van der Waals surface area contributed by atoms with E-state index >= 15 is 0 Å². The Hall–Kier alpha value is -2.95. The maximum Gasteiger partial charge on any atom is 0.227 e. The molecule has 2 aliphatic rings. The van der Waals surface area contributed by atoms with Crippen LogP contribution in [-0.2, 0) is 17.6 Å². The van der Waals surface area contributed by atoms with Crippen molar-refractivity contribution in [3.05, 3.63) is 53.7 Å². The zero-order valence-corrected chi connectivity index (χ0v) is 16.8. The van der Waals surface area contributed by atoms with E-state index in [1.54, 1.807) is 7.11 Å². The molecular weight excluding hydrogens is 362 g/mol. The van der Waals surface area contributed by atoms with Crippen LogP contribution in [0.25, 0.3) is 10.9 Å². The molecule has 5 nitrogen and oxygen atoms in total. The van der Waals surface area contributed by atoms with E-state index in [0.717, 1.165) is 49.3 Å². The number of methoxy groups -OCH3 is 1. The first-order chi connectivity index (χ1) is 14.2. The van der Waals surface area contributed by atoms with Crippen molar-refractivity contribution in [1.82, 2.24) is 4.98 Å². The monoisotopic (exact) mass is 389 g/mol. The number of rotatable bonds is 4. The third-order valence-corrected chi connectivity index (χ3v) is 6.37. The van der Waals surface area contributed by atoms with Gasteiger partial charge in [0.25, 0.3) is 0 Å². The summed E-state index contributed by atoms with van der Waals surface area (Å²) in [6.07, 6.45) is 5.07. The second kappa shape index (κ2) is 7.47. The van der Waals surface area contributed by atoms with Crippen LogP contribution >= 0.6 is 0 Å². The van der Waals surface area contributed by atoms with Gasteiger partial charge in [0.15, 0.2) is 0 Å². The van der Waals surface area contributed by atoms with Crippen molar-refractivity contribution in [1.29, 1.82) is 0 Å². The van der Waals surface area contributed by atoms with Crippen LogP contribution in [0.15, 0.2) is 42.5 Å². The number of ether oxygens (including phenoxy) is 1. The zero-order valence-electron chi connectivity index (χ0n) is 16.8. The van der Waals surface area contributed by atoms with E-state index < -0.39 is 0 Å². The lowest BCUT2D eigenvalue weighted by Crippen LogP contribution is -2.28. The minimum absolute atomic E-state index is 0.00837. The maximum atomic E-state index is 12.9. The number of aryl methyl sites for hydroxylation is 1. The molecule has 5 rings (SSSR count). The molecule has 1 aromatic heterocycles. The zero-order chi connectivity index (χ0) is 19.8. The van der Waals surface area contributed by atoms with Crippen LogP contribution < -0.4 is 15.0 Å². The Morgan fingerprint density at radius 1 is 1.14 bits per heavy atom. The smallest absolute Gasteiger partial charge is 0.227 e. The van der Waals surface area contributed by atoms with Gasteiger partial charge in [0.05, 0.1) is 7.11 Å². The van der Waals surface area contributed by atoms with Crippen LogP contribution in [0.3, 0.4) is 0 Å². The van der Waals surface area contributed by atoms with Crippen LogP contribution in [0.4, 0.5) is 11.4 Å². The van der Waals surface area contributed by atoms with E-state index in [2.05, 4.69) is 39.5 Å². The van der Waals surface area contributed by atoms with E-state index in [-0.39, 0.29) is 11.8 Å². The van der Waals surface area contributed by atoms with Gasteiger partial charge >= 0.3 is 0 Å². The average molecular weight is 389 g/mol. The SMILES string of the molecule is COc1ccc2[nH]c3c(c2c1)CC(C(=O)Nc1ccc(N2CCCC2)cc1)CC3. The molecule has 0 saturated carbocycles. The first-order valence-electron chi connectivity index (χ1n) is 10.5. The van der Waals surface area contributed by atoms with E-state index in [1.165, 1.54) is 35.2 Å². The molecule has 0 bridgehead atoms. The summed E-state index contributed by atoms with van der Waals surface area (Å²) in [7, 11) is 1.69. The lowest BCUT2D eigenvalue weighted by atomic mass is 9.85. The molecule has 0 spiro atoms. The number of aromatic nitrogens is 1. The third-order valence-electron chi connectivity index (χ3n) is 6.37. The Labute approximate surface area is 171 Å². The first kappa shape index (κ1) is 18.1. The molecule has 3 aromatic rings.